The van der Waals surface area contributed by atoms with Gasteiger partial charge in [0.1, 0.15) is 5.82 Å². The summed E-state index contributed by atoms with van der Waals surface area (Å²) >= 11 is 0. The summed E-state index contributed by atoms with van der Waals surface area (Å²) < 4.78 is 16.1. The number of carbonyl (C=O) groups excluding carboxylic acids is 2. The number of benzene rings is 2. The van der Waals surface area contributed by atoms with E-state index in [0.29, 0.717) is 25.9 Å². The van der Waals surface area contributed by atoms with Gasteiger partial charge >= 0.3 is 0 Å². The highest BCUT2D eigenvalue weighted by molar-refractivity contribution is 5.86. The van der Waals surface area contributed by atoms with Crippen LogP contribution in [-0.4, -0.2) is 34.4 Å². The van der Waals surface area contributed by atoms with Crippen LogP contribution in [0.4, 0.5) is 4.39 Å². The quantitative estimate of drug-likeness (QED) is 0.703. The van der Waals surface area contributed by atoms with E-state index >= 15 is 0 Å². The lowest BCUT2D eigenvalue weighted by Crippen LogP contribution is -2.42. The lowest BCUT2D eigenvalue weighted by molar-refractivity contribution is -0.135. The van der Waals surface area contributed by atoms with Gasteiger partial charge < -0.3 is 15.2 Å². The van der Waals surface area contributed by atoms with E-state index in [0.717, 1.165) is 22.0 Å². The first-order valence-electron chi connectivity index (χ1n) is 10.3. The topological polar surface area (TPSA) is 68.3 Å². The number of aryl methyl sites for hydroxylation is 1. The molecule has 1 fully saturated rings. The number of hydrogen-bond acceptors (Lipinski definition) is 2. The van der Waals surface area contributed by atoms with E-state index in [1.807, 2.05) is 48.1 Å². The molecule has 3 aromatic rings. The Hall–Kier alpha value is -3.15. The Bertz CT molecular complexity index is 1080. The first-order chi connectivity index (χ1) is 14.4. The molecule has 5 nitrogen and oxygen atoms in total. The van der Waals surface area contributed by atoms with Crippen molar-refractivity contribution >= 4 is 22.7 Å². The number of piperidine rings is 1. The normalized spacial score (nSPS) is 16.0. The summed E-state index contributed by atoms with van der Waals surface area (Å²) in [5.41, 5.74) is 8.28. The van der Waals surface area contributed by atoms with Gasteiger partial charge in [-0.3, -0.25) is 9.59 Å². The van der Waals surface area contributed by atoms with E-state index in [9.17, 15) is 14.0 Å². The van der Waals surface area contributed by atoms with Gasteiger partial charge in [-0.05, 0) is 42.2 Å². The number of aromatic nitrogens is 1. The third kappa shape index (κ3) is 3.95. The molecular weight excluding hydrogens is 381 g/mol. The van der Waals surface area contributed by atoms with Crippen molar-refractivity contribution in [1.82, 2.24) is 9.47 Å². The van der Waals surface area contributed by atoms with Crippen LogP contribution in [0.5, 0.6) is 0 Å². The van der Waals surface area contributed by atoms with E-state index in [1.165, 1.54) is 12.1 Å². The molecule has 0 bridgehead atoms. The molecule has 0 aliphatic carbocycles. The molecule has 0 radical (unpaired) electrons. The van der Waals surface area contributed by atoms with Gasteiger partial charge in [-0.2, -0.15) is 0 Å². The Balaban J connectivity index is 1.65. The Morgan fingerprint density at radius 3 is 2.57 bits per heavy atom. The number of amides is 2. The molecule has 2 aromatic carbocycles. The van der Waals surface area contributed by atoms with Crippen LogP contribution in [0.3, 0.4) is 0 Å². The molecule has 2 N–H and O–H groups in total. The van der Waals surface area contributed by atoms with Gasteiger partial charge in [0, 0.05) is 55.5 Å². The summed E-state index contributed by atoms with van der Waals surface area (Å²) in [6, 6.07) is 14.5. The second kappa shape index (κ2) is 8.30. The van der Waals surface area contributed by atoms with Gasteiger partial charge in [-0.15, -0.1) is 0 Å². The second-order valence-electron chi connectivity index (χ2n) is 8.08. The first kappa shape index (κ1) is 20.1. The fraction of sp³-hybridized carbons (Fsp3) is 0.333. The van der Waals surface area contributed by atoms with Gasteiger partial charge in [0.05, 0.1) is 0 Å². The maximum atomic E-state index is 14.0. The van der Waals surface area contributed by atoms with Crippen molar-refractivity contribution in [3.8, 4) is 0 Å². The molecule has 0 spiro atoms. The van der Waals surface area contributed by atoms with Gasteiger partial charge in [-0.1, -0.05) is 30.3 Å². The molecule has 30 heavy (non-hydrogen) atoms. The van der Waals surface area contributed by atoms with Gasteiger partial charge in [0.25, 0.3) is 0 Å². The number of nitrogens with zero attached hydrogens (tertiary/aromatic N) is 2. The van der Waals surface area contributed by atoms with Crippen molar-refractivity contribution in [2.24, 2.45) is 18.7 Å². The number of halogens is 1. The molecule has 1 aromatic heterocycles. The number of likely N-dealkylation sites (tertiary alicyclic amines) is 1. The minimum absolute atomic E-state index is 0.0140. The SMILES string of the molecule is Cn1cc(C(CC(=O)N2CCC(C(N)=O)CC2)c2cccc(F)c2)c2ccccc21. The lowest BCUT2D eigenvalue weighted by atomic mass is 9.87. The van der Waals surface area contributed by atoms with E-state index < -0.39 is 0 Å². The molecule has 1 aliphatic rings. The van der Waals surface area contributed by atoms with E-state index in [2.05, 4.69) is 0 Å². The number of carbonyl (C=O) groups is 2. The molecule has 2 heterocycles. The average molecular weight is 407 g/mol. The fourth-order valence-electron chi connectivity index (χ4n) is 4.50. The predicted octanol–water partition coefficient (Wildman–Crippen LogP) is 3.56. The molecule has 4 rings (SSSR count). The standard InChI is InChI=1S/C24H26FN3O2/c1-27-15-21(19-7-2-3-8-22(19)27)20(17-5-4-6-18(25)13-17)14-23(29)28-11-9-16(10-12-28)24(26)30/h2-8,13,15-16,20H,9-12,14H2,1H3,(H2,26,30). The number of nitrogens with two attached hydrogens (primary N) is 1. The van der Waals surface area contributed by atoms with Crippen molar-refractivity contribution in [3.63, 3.8) is 0 Å². The van der Waals surface area contributed by atoms with Crippen molar-refractivity contribution in [2.45, 2.75) is 25.2 Å². The molecule has 1 unspecified atom stereocenters. The fourth-order valence-corrected chi connectivity index (χ4v) is 4.50. The van der Waals surface area contributed by atoms with Crippen LogP contribution in [0, 0.1) is 11.7 Å². The van der Waals surface area contributed by atoms with E-state index in [4.69, 9.17) is 5.73 Å². The summed E-state index contributed by atoms with van der Waals surface area (Å²) in [4.78, 5) is 26.4. The Morgan fingerprint density at radius 2 is 1.87 bits per heavy atom. The molecule has 6 heteroatoms. The minimum atomic E-state index is -0.313. The smallest absolute Gasteiger partial charge is 0.223 e. The van der Waals surface area contributed by atoms with Crippen molar-refractivity contribution in [3.05, 3.63) is 71.7 Å². The van der Waals surface area contributed by atoms with E-state index in [-0.39, 0.29) is 35.9 Å². The summed E-state index contributed by atoms with van der Waals surface area (Å²) in [6.45, 7) is 1.05. The molecule has 1 aliphatic heterocycles. The van der Waals surface area contributed by atoms with E-state index in [1.54, 1.807) is 11.0 Å². The Morgan fingerprint density at radius 1 is 1.13 bits per heavy atom. The number of fused-ring (bicyclic) bond motifs is 1. The number of primary amides is 1. The predicted molar refractivity (Wildman–Crippen MR) is 114 cm³/mol. The average Bonchev–Trinajstić information content (AvgIpc) is 3.08. The van der Waals surface area contributed by atoms with Gasteiger partial charge in [0.2, 0.25) is 11.8 Å². The molecule has 1 saturated heterocycles. The highest BCUT2D eigenvalue weighted by atomic mass is 19.1. The summed E-state index contributed by atoms with van der Waals surface area (Å²) in [7, 11) is 1.98. The van der Waals surface area contributed by atoms with Crippen LogP contribution in [-0.2, 0) is 16.6 Å². The Labute approximate surface area is 175 Å². The zero-order chi connectivity index (χ0) is 21.3. The number of para-hydroxylation sites is 1. The highest BCUT2D eigenvalue weighted by Gasteiger charge is 2.29. The first-order valence-corrected chi connectivity index (χ1v) is 10.3. The number of rotatable bonds is 5. The van der Waals surface area contributed by atoms with Gasteiger partial charge in [-0.25, -0.2) is 4.39 Å². The molecule has 0 saturated carbocycles. The lowest BCUT2D eigenvalue weighted by Gasteiger charge is -2.31. The van der Waals surface area contributed by atoms with Crippen LogP contribution in [0.15, 0.2) is 54.7 Å². The van der Waals surface area contributed by atoms with Crippen molar-refractivity contribution in [1.29, 1.82) is 0 Å². The maximum Gasteiger partial charge on any atom is 0.223 e. The van der Waals surface area contributed by atoms with Crippen LogP contribution in [0.2, 0.25) is 0 Å². The third-order valence-corrected chi connectivity index (χ3v) is 6.18. The number of hydrogen-bond donors (Lipinski definition) is 1. The van der Waals surface area contributed by atoms with Crippen LogP contribution in [0.25, 0.3) is 10.9 Å². The van der Waals surface area contributed by atoms with Gasteiger partial charge in [0.15, 0.2) is 0 Å². The third-order valence-electron chi connectivity index (χ3n) is 6.18. The highest BCUT2D eigenvalue weighted by Crippen LogP contribution is 2.35. The zero-order valence-electron chi connectivity index (χ0n) is 17.1. The van der Waals surface area contributed by atoms with Crippen molar-refractivity contribution < 1.29 is 14.0 Å². The van der Waals surface area contributed by atoms with Crippen molar-refractivity contribution in [2.75, 3.05) is 13.1 Å². The van der Waals surface area contributed by atoms with Crippen LogP contribution < -0.4 is 5.73 Å². The minimum Gasteiger partial charge on any atom is -0.369 e. The Kier molecular flexibility index (Phi) is 5.57. The monoisotopic (exact) mass is 407 g/mol. The molecule has 1 atom stereocenters. The summed E-state index contributed by atoms with van der Waals surface area (Å²) in [5, 5.41) is 1.06. The maximum absolute atomic E-state index is 14.0. The molecular formula is C24H26FN3O2. The zero-order valence-corrected chi connectivity index (χ0v) is 17.1. The summed E-state index contributed by atoms with van der Waals surface area (Å²) in [6.07, 6.45) is 3.48. The molecule has 156 valence electrons. The van der Waals surface area contributed by atoms with Crippen LogP contribution in [0.1, 0.15) is 36.3 Å². The second-order valence-corrected chi connectivity index (χ2v) is 8.08. The van der Waals surface area contributed by atoms with Crippen LogP contribution >= 0.6 is 0 Å². The summed E-state index contributed by atoms with van der Waals surface area (Å²) in [5.74, 6) is -1.01. The largest absolute Gasteiger partial charge is 0.369 e. The molecule has 2 amide bonds.